The predicted octanol–water partition coefficient (Wildman–Crippen LogP) is 2.80. The monoisotopic (exact) mass is 254 g/mol. The van der Waals surface area contributed by atoms with Gasteiger partial charge in [0.1, 0.15) is 0 Å². The molecule has 3 heteroatoms. The van der Waals surface area contributed by atoms with Gasteiger partial charge in [-0.2, -0.15) is 0 Å². The molecule has 1 heterocycles. The summed E-state index contributed by atoms with van der Waals surface area (Å²) in [6, 6.07) is 0.526. The van der Waals surface area contributed by atoms with Crippen LogP contribution in [0.5, 0.6) is 0 Å². The smallest absolute Gasteiger partial charge is 0.225 e. The summed E-state index contributed by atoms with van der Waals surface area (Å²) in [6.45, 7) is 9.29. The Morgan fingerprint density at radius 2 is 2.17 bits per heavy atom. The second kappa shape index (κ2) is 8.52. The highest BCUT2D eigenvalue weighted by Gasteiger charge is 2.24. The first-order chi connectivity index (χ1) is 8.72. The van der Waals surface area contributed by atoms with Gasteiger partial charge in [0.2, 0.25) is 5.91 Å². The maximum atomic E-state index is 12.5. The van der Waals surface area contributed by atoms with E-state index in [0.717, 1.165) is 32.5 Å². The van der Waals surface area contributed by atoms with E-state index >= 15 is 0 Å². The van der Waals surface area contributed by atoms with Crippen LogP contribution in [0.1, 0.15) is 59.3 Å². The topological polar surface area (TPSA) is 32.3 Å². The molecule has 0 bridgehead atoms. The van der Waals surface area contributed by atoms with Crippen LogP contribution in [0.15, 0.2) is 0 Å². The first-order valence-electron chi connectivity index (χ1n) is 7.75. The minimum Gasteiger partial charge on any atom is -0.341 e. The Hall–Kier alpha value is -0.570. The Labute approximate surface area is 112 Å². The second-order valence-electron chi connectivity index (χ2n) is 5.42. The van der Waals surface area contributed by atoms with E-state index in [9.17, 15) is 4.79 Å². The van der Waals surface area contributed by atoms with Crippen molar-refractivity contribution in [2.24, 2.45) is 5.92 Å². The molecule has 1 saturated heterocycles. The van der Waals surface area contributed by atoms with E-state index in [2.05, 4.69) is 31.0 Å². The van der Waals surface area contributed by atoms with Crippen LogP contribution in [0, 0.1) is 5.92 Å². The van der Waals surface area contributed by atoms with E-state index in [1.165, 1.54) is 25.7 Å². The lowest BCUT2D eigenvalue weighted by Gasteiger charge is -2.28. The van der Waals surface area contributed by atoms with Crippen LogP contribution in [0.4, 0.5) is 0 Å². The molecular formula is C15H30N2O. The number of nitrogens with zero attached hydrogens (tertiary/aromatic N) is 1. The zero-order valence-corrected chi connectivity index (χ0v) is 12.4. The number of hydrogen-bond donors (Lipinski definition) is 1. The summed E-state index contributed by atoms with van der Waals surface area (Å²) < 4.78 is 0. The fourth-order valence-electron chi connectivity index (χ4n) is 2.76. The van der Waals surface area contributed by atoms with Gasteiger partial charge in [-0.1, -0.05) is 26.7 Å². The molecule has 1 amide bonds. The first kappa shape index (κ1) is 15.5. The van der Waals surface area contributed by atoms with E-state index in [4.69, 9.17) is 0 Å². The Kier molecular flexibility index (Phi) is 7.33. The molecule has 0 saturated carbocycles. The lowest BCUT2D eigenvalue weighted by Crippen LogP contribution is -2.43. The predicted molar refractivity (Wildman–Crippen MR) is 76.6 cm³/mol. The quantitative estimate of drug-likeness (QED) is 0.722. The molecule has 18 heavy (non-hydrogen) atoms. The Morgan fingerprint density at radius 1 is 1.39 bits per heavy atom. The molecule has 2 unspecified atom stereocenters. The number of likely N-dealkylation sites (N-methyl/N-ethyl adjacent to an activating group) is 1. The van der Waals surface area contributed by atoms with Crippen LogP contribution < -0.4 is 5.32 Å². The fraction of sp³-hybridized carbons (Fsp3) is 0.933. The zero-order chi connectivity index (χ0) is 13.4. The van der Waals surface area contributed by atoms with E-state index in [1.54, 1.807) is 0 Å². The molecular weight excluding hydrogens is 224 g/mol. The first-order valence-corrected chi connectivity index (χ1v) is 7.75. The van der Waals surface area contributed by atoms with Gasteiger partial charge >= 0.3 is 0 Å². The number of carbonyl (C=O) groups excluding carboxylic acids is 1. The Morgan fingerprint density at radius 3 is 2.67 bits per heavy atom. The highest BCUT2D eigenvalue weighted by atomic mass is 16.2. The molecule has 1 N–H and O–H groups in total. The molecule has 0 spiro atoms. The van der Waals surface area contributed by atoms with Gasteiger partial charge in [0.05, 0.1) is 0 Å². The summed E-state index contributed by atoms with van der Waals surface area (Å²) in [5.74, 6) is 0.619. The molecule has 1 aliphatic heterocycles. The van der Waals surface area contributed by atoms with Crippen molar-refractivity contribution in [2.45, 2.75) is 65.3 Å². The number of hydrogen-bond acceptors (Lipinski definition) is 2. The maximum Gasteiger partial charge on any atom is 0.225 e. The molecule has 106 valence electrons. The average molecular weight is 254 g/mol. The van der Waals surface area contributed by atoms with Crippen molar-refractivity contribution in [3.63, 3.8) is 0 Å². The largest absolute Gasteiger partial charge is 0.341 e. The lowest BCUT2D eigenvalue weighted by molar-refractivity contribution is -0.136. The third kappa shape index (κ3) is 4.60. The van der Waals surface area contributed by atoms with Gasteiger partial charge in [-0.3, -0.25) is 4.79 Å². The van der Waals surface area contributed by atoms with Crippen molar-refractivity contribution in [3.8, 4) is 0 Å². The molecule has 0 radical (unpaired) electrons. The van der Waals surface area contributed by atoms with E-state index < -0.39 is 0 Å². The van der Waals surface area contributed by atoms with Crippen LogP contribution >= 0.6 is 0 Å². The SMILES string of the molecule is CCCCC(CC)C(=O)N(CC)CC1CCCN1. The van der Waals surface area contributed by atoms with Crippen molar-refractivity contribution in [3.05, 3.63) is 0 Å². The number of amides is 1. The molecule has 1 fully saturated rings. The van der Waals surface area contributed by atoms with Gasteiger partial charge in [0.15, 0.2) is 0 Å². The van der Waals surface area contributed by atoms with Crippen molar-refractivity contribution in [1.82, 2.24) is 10.2 Å². The summed E-state index contributed by atoms with van der Waals surface area (Å²) in [5.41, 5.74) is 0. The summed E-state index contributed by atoms with van der Waals surface area (Å²) in [6.07, 6.45) is 6.86. The summed E-state index contributed by atoms with van der Waals surface area (Å²) in [7, 11) is 0. The third-order valence-corrected chi connectivity index (χ3v) is 4.04. The molecule has 3 nitrogen and oxygen atoms in total. The van der Waals surface area contributed by atoms with Crippen LogP contribution in [-0.2, 0) is 4.79 Å². The van der Waals surface area contributed by atoms with Gasteiger partial charge < -0.3 is 10.2 Å². The molecule has 2 atom stereocenters. The highest BCUT2D eigenvalue weighted by Crippen LogP contribution is 2.17. The van der Waals surface area contributed by atoms with Crippen molar-refractivity contribution < 1.29 is 4.79 Å². The second-order valence-corrected chi connectivity index (χ2v) is 5.42. The normalized spacial score (nSPS) is 20.9. The van der Waals surface area contributed by atoms with Crippen LogP contribution in [0.25, 0.3) is 0 Å². The number of carbonyl (C=O) groups is 1. The summed E-state index contributed by atoms with van der Waals surface area (Å²) in [5, 5.41) is 3.48. The molecule has 1 aliphatic rings. The lowest BCUT2D eigenvalue weighted by atomic mass is 9.97. The Bertz CT molecular complexity index is 237. The van der Waals surface area contributed by atoms with Crippen LogP contribution in [0.3, 0.4) is 0 Å². The minimum atomic E-state index is 0.242. The van der Waals surface area contributed by atoms with Gasteiger partial charge in [0, 0.05) is 25.0 Å². The summed E-state index contributed by atoms with van der Waals surface area (Å²) in [4.78, 5) is 14.6. The van der Waals surface area contributed by atoms with Gasteiger partial charge in [0.25, 0.3) is 0 Å². The standard InChI is InChI=1S/C15H30N2O/c1-4-7-9-13(5-2)15(18)17(6-3)12-14-10-8-11-16-14/h13-14,16H,4-12H2,1-3H3. The van der Waals surface area contributed by atoms with Crippen molar-refractivity contribution >= 4 is 5.91 Å². The number of unbranched alkanes of at least 4 members (excludes halogenated alkanes) is 1. The molecule has 0 aromatic carbocycles. The fourth-order valence-corrected chi connectivity index (χ4v) is 2.76. The van der Waals surface area contributed by atoms with Crippen molar-refractivity contribution in [1.29, 1.82) is 0 Å². The van der Waals surface area contributed by atoms with E-state index in [1.807, 2.05) is 0 Å². The molecule has 0 aromatic heterocycles. The third-order valence-electron chi connectivity index (χ3n) is 4.04. The number of rotatable bonds is 8. The molecule has 1 rings (SSSR count). The molecule has 0 aliphatic carbocycles. The number of nitrogens with one attached hydrogen (secondary N) is 1. The van der Waals surface area contributed by atoms with E-state index in [0.29, 0.717) is 11.9 Å². The summed E-state index contributed by atoms with van der Waals surface area (Å²) >= 11 is 0. The average Bonchev–Trinajstić information content (AvgIpc) is 2.89. The van der Waals surface area contributed by atoms with Gasteiger partial charge in [-0.15, -0.1) is 0 Å². The zero-order valence-electron chi connectivity index (χ0n) is 12.4. The highest BCUT2D eigenvalue weighted by molar-refractivity contribution is 5.78. The maximum absolute atomic E-state index is 12.5. The minimum absolute atomic E-state index is 0.242. The van der Waals surface area contributed by atoms with Crippen LogP contribution in [-0.4, -0.2) is 36.5 Å². The van der Waals surface area contributed by atoms with Crippen molar-refractivity contribution in [2.75, 3.05) is 19.6 Å². The van der Waals surface area contributed by atoms with Gasteiger partial charge in [-0.25, -0.2) is 0 Å². The molecule has 0 aromatic rings. The van der Waals surface area contributed by atoms with Crippen LogP contribution in [0.2, 0.25) is 0 Å². The van der Waals surface area contributed by atoms with E-state index in [-0.39, 0.29) is 5.92 Å². The van der Waals surface area contributed by atoms with Gasteiger partial charge in [-0.05, 0) is 39.2 Å². The Balaban J connectivity index is 2.47.